The molecule has 2 amide bonds. The SMILES string of the molecule is NC(=O)c1c(NC(=O)COC(=O)c2cccc(-n3cnnn3)c2)sc2c1CCC2. The molecular formula is C18H16N6O4S. The molecule has 2 heterocycles. The molecule has 0 saturated heterocycles. The van der Waals surface area contributed by atoms with E-state index in [0.717, 1.165) is 29.7 Å². The Kier molecular flexibility index (Phi) is 5.04. The number of carbonyl (C=O) groups excluding carboxylic acids is 3. The predicted octanol–water partition coefficient (Wildman–Crippen LogP) is 1.11. The van der Waals surface area contributed by atoms with Crippen LogP contribution in [0.2, 0.25) is 0 Å². The molecule has 1 aromatic carbocycles. The summed E-state index contributed by atoms with van der Waals surface area (Å²) in [7, 11) is 0. The third-order valence-electron chi connectivity index (χ3n) is 4.45. The predicted molar refractivity (Wildman–Crippen MR) is 103 cm³/mol. The lowest BCUT2D eigenvalue weighted by atomic mass is 10.1. The second-order valence-electron chi connectivity index (χ2n) is 6.35. The largest absolute Gasteiger partial charge is 0.452 e. The number of aryl methyl sites for hydroxylation is 1. The number of fused-ring (bicyclic) bond motifs is 1. The highest BCUT2D eigenvalue weighted by molar-refractivity contribution is 7.17. The highest BCUT2D eigenvalue weighted by Gasteiger charge is 2.26. The molecule has 0 atom stereocenters. The Morgan fingerprint density at radius 1 is 1.28 bits per heavy atom. The van der Waals surface area contributed by atoms with Gasteiger partial charge in [0.15, 0.2) is 6.61 Å². The first-order valence-electron chi connectivity index (χ1n) is 8.77. The molecule has 0 unspecified atom stereocenters. The number of rotatable bonds is 6. The fourth-order valence-electron chi connectivity index (χ4n) is 3.19. The summed E-state index contributed by atoms with van der Waals surface area (Å²) in [6, 6.07) is 6.48. The van der Waals surface area contributed by atoms with Crippen molar-refractivity contribution in [2.45, 2.75) is 19.3 Å². The van der Waals surface area contributed by atoms with Crippen molar-refractivity contribution in [2.24, 2.45) is 5.73 Å². The van der Waals surface area contributed by atoms with Crippen LogP contribution in [-0.2, 0) is 22.4 Å². The second kappa shape index (κ2) is 7.80. The van der Waals surface area contributed by atoms with Crippen LogP contribution in [0.5, 0.6) is 0 Å². The number of hydrogen-bond acceptors (Lipinski definition) is 8. The fourth-order valence-corrected chi connectivity index (χ4v) is 4.50. The first-order valence-corrected chi connectivity index (χ1v) is 9.59. The third-order valence-corrected chi connectivity index (χ3v) is 5.66. The van der Waals surface area contributed by atoms with Crippen LogP contribution >= 0.6 is 11.3 Å². The average molecular weight is 412 g/mol. The fraction of sp³-hybridized carbons (Fsp3) is 0.222. The average Bonchev–Trinajstić information content (AvgIpc) is 3.43. The van der Waals surface area contributed by atoms with Crippen LogP contribution in [0.3, 0.4) is 0 Å². The zero-order valence-corrected chi connectivity index (χ0v) is 15.9. The third kappa shape index (κ3) is 3.85. The van der Waals surface area contributed by atoms with Gasteiger partial charge in [-0.15, -0.1) is 16.4 Å². The quantitative estimate of drug-likeness (QED) is 0.577. The van der Waals surface area contributed by atoms with Crippen LogP contribution in [0, 0.1) is 0 Å². The number of amides is 2. The van der Waals surface area contributed by atoms with Gasteiger partial charge in [-0.3, -0.25) is 9.59 Å². The monoisotopic (exact) mass is 412 g/mol. The molecule has 4 rings (SSSR count). The van der Waals surface area contributed by atoms with Gasteiger partial charge in [0.1, 0.15) is 11.3 Å². The Bertz CT molecular complexity index is 1090. The van der Waals surface area contributed by atoms with E-state index in [-0.39, 0.29) is 5.56 Å². The Morgan fingerprint density at radius 3 is 2.90 bits per heavy atom. The van der Waals surface area contributed by atoms with Crippen LogP contribution in [0.15, 0.2) is 30.6 Å². The number of nitrogens with zero attached hydrogens (tertiary/aromatic N) is 4. The van der Waals surface area contributed by atoms with Crippen molar-refractivity contribution in [3.63, 3.8) is 0 Å². The van der Waals surface area contributed by atoms with Crippen molar-refractivity contribution in [3.8, 4) is 5.69 Å². The normalized spacial score (nSPS) is 12.4. The van der Waals surface area contributed by atoms with Gasteiger partial charge >= 0.3 is 5.97 Å². The molecule has 0 radical (unpaired) electrons. The molecule has 10 nitrogen and oxygen atoms in total. The van der Waals surface area contributed by atoms with E-state index in [4.69, 9.17) is 10.5 Å². The number of thiophene rings is 1. The van der Waals surface area contributed by atoms with E-state index >= 15 is 0 Å². The van der Waals surface area contributed by atoms with E-state index in [1.807, 2.05) is 0 Å². The number of carbonyl (C=O) groups is 3. The van der Waals surface area contributed by atoms with Gasteiger partial charge in [-0.25, -0.2) is 9.48 Å². The minimum atomic E-state index is -0.668. The number of tetrazole rings is 1. The molecule has 1 aliphatic carbocycles. The number of aromatic nitrogens is 4. The van der Waals surface area contributed by atoms with Crippen molar-refractivity contribution in [2.75, 3.05) is 11.9 Å². The van der Waals surface area contributed by atoms with E-state index in [2.05, 4.69) is 20.8 Å². The molecule has 0 saturated carbocycles. The van der Waals surface area contributed by atoms with Gasteiger partial charge in [-0.2, -0.15) is 0 Å². The van der Waals surface area contributed by atoms with E-state index in [1.54, 1.807) is 24.3 Å². The van der Waals surface area contributed by atoms with Gasteiger partial charge in [0.25, 0.3) is 11.8 Å². The van der Waals surface area contributed by atoms with Crippen molar-refractivity contribution in [3.05, 3.63) is 52.2 Å². The standard InChI is InChI=1S/C18H16N6O4S/c19-16(26)15-12-5-2-6-13(12)29-17(15)21-14(25)8-28-18(27)10-3-1-4-11(7-10)24-9-20-22-23-24/h1,3-4,7,9H,2,5-6,8H2,(H2,19,26)(H,21,25). The number of ether oxygens (including phenoxy) is 1. The number of primary amides is 1. The minimum absolute atomic E-state index is 0.249. The van der Waals surface area contributed by atoms with Gasteiger partial charge < -0.3 is 15.8 Å². The lowest BCUT2D eigenvalue weighted by Crippen LogP contribution is -2.22. The van der Waals surface area contributed by atoms with Crippen molar-refractivity contribution in [1.29, 1.82) is 0 Å². The molecular weight excluding hydrogens is 396 g/mol. The lowest BCUT2D eigenvalue weighted by molar-refractivity contribution is -0.119. The minimum Gasteiger partial charge on any atom is -0.452 e. The smallest absolute Gasteiger partial charge is 0.338 e. The van der Waals surface area contributed by atoms with E-state index in [1.165, 1.54) is 22.3 Å². The van der Waals surface area contributed by atoms with Crippen LogP contribution < -0.4 is 11.1 Å². The molecule has 2 aromatic heterocycles. The number of nitrogens with one attached hydrogen (secondary N) is 1. The molecule has 0 spiro atoms. The maximum Gasteiger partial charge on any atom is 0.338 e. The Morgan fingerprint density at radius 2 is 2.14 bits per heavy atom. The highest BCUT2D eigenvalue weighted by Crippen LogP contribution is 2.38. The number of benzene rings is 1. The van der Waals surface area contributed by atoms with Crippen LogP contribution in [0.25, 0.3) is 5.69 Å². The molecule has 29 heavy (non-hydrogen) atoms. The summed E-state index contributed by atoms with van der Waals surface area (Å²) in [4.78, 5) is 37.4. The number of anilines is 1. The summed E-state index contributed by atoms with van der Waals surface area (Å²) in [5.74, 6) is -1.78. The Balaban J connectivity index is 1.40. The molecule has 3 N–H and O–H groups in total. The van der Waals surface area contributed by atoms with Gasteiger partial charge in [-0.05, 0) is 53.5 Å². The molecule has 11 heteroatoms. The molecule has 0 fully saturated rings. The Hall–Kier alpha value is -3.60. The molecule has 1 aliphatic rings. The van der Waals surface area contributed by atoms with E-state index in [9.17, 15) is 14.4 Å². The summed E-state index contributed by atoms with van der Waals surface area (Å²) in [5, 5.41) is 13.9. The van der Waals surface area contributed by atoms with Gasteiger partial charge in [0.2, 0.25) is 0 Å². The first kappa shape index (κ1) is 18.7. The van der Waals surface area contributed by atoms with Gasteiger partial charge in [-0.1, -0.05) is 6.07 Å². The summed E-state index contributed by atoms with van der Waals surface area (Å²) in [6.07, 6.45) is 4.00. The van der Waals surface area contributed by atoms with Crippen LogP contribution in [0.1, 0.15) is 37.6 Å². The molecule has 0 bridgehead atoms. The summed E-state index contributed by atoms with van der Waals surface area (Å²) in [5.41, 5.74) is 7.57. The van der Waals surface area contributed by atoms with Gasteiger partial charge in [0, 0.05) is 4.88 Å². The molecule has 148 valence electrons. The lowest BCUT2D eigenvalue weighted by Gasteiger charge is -2.08. The maximum absolute atomic E-state index is 12.3. The van der Waals surface area contributed by atoms with Crippen molar-refractivity contribution in [1.82, 2.24) is 20.2 Å². The topological polar surface area (TPSA) is 142 Å². The van der Waals surface area contributed by atoms with Crippen LogP contribution in [0.4, 0.5) is 5.00 Å². The maximum atomic E-state index is 12.3. The summed E-state index contributed by atoms with van der Waals surface area (Å²) < 4.78 is 6.48. The van der Waals surface area contributed by atoms with E-state index < -0.39 is 24.4 Å². The first-order chi connectivity index (χ1) is 14.0. The van der Waals surface area contributed by atoms with Crippen molar-refractivity contribution >= 4 is 34.1 Å². The Labute approximate surface area is 168 Å². The number of nitrogens with two attached hydrogens (primary N) is 1. The van der Waals surface area contributed by atoms with Gasteiger partial charge in [0.05, 0.1) is 16.8 Å². The van der Waals surface area contributed by atoms with Crippen LogP contribution in [-0.4, -0.2) is 44.6 Å². The number of esters is 1. The zero-order valence-electron chi connectivity index (χ0n) is 15.1. The summed E-state index contributed by atoms with van der Waals surface area (Å²) >= 11 is 1.34. The zero-order chi connectivity index (χ0) is 20.4. The van der Waals surface area contributed by atoms with Crippen molar-refractivity contribution < 1.29 is 19.1 Å². The molecule has 3 aromatic rings. The molecule has 0 aliphatic heterocycles. The van der Waals surface area contributed by atoms with E-state index in [0.29, 0.717) is 16.3 Å². The summed E-state index contributed by atoms with van der Waals surface area (Å²) in [6.45, 7) is -0.491. The second-order valence-corrected chi connectivity index (χ2v) is 7.46. The number of hydrogen-bond donors (Lipinski definition) is 2. The highest BCUT2D eigenvalue weighted by atomic mass is 32.1.